The molecule has 4 heteroatoms. The van der Waals surface area contributed by atoms with Crippen LogP contribution in [0.1, 0.15) is 13.3 Å². The molecule has 0 aromatic heterocycles. The van der Waals surface area contributed by atoms with E-state index >= 15 is 0 Å². The molecule has 2 N–H and O–H groups in total. The van der Waals surface area contributed by atoms with Crippen molar-refractivity contribution in [1.82, 2.24) is 10.0 Å². The molecular formula is C12H19N2O2+. The van der Waals surface area contributed by atoms with Gasteiger partial charge >= 0.3 is 0 Å². The number of carbonyl (C=O) groups excluding carboxylic acids is 1. The van der Waals surface area contributed by atoms with Gasteiger partial charge in [-0.15, -0.1) is 0 Å². The highest BCUT2D eigenvalue weighted by atomic mass is 16.3. The number of rotatable bonds is 5. The molecule has 1 aromatic carbocycles. The number of benzene rings is 1. The fourth-order valence-electron chi connectivity index (χ4n) is 1.56. The van der Waals surface area contributed by atoms with Crippen LogP contribution in [0.4, 0.5) is 5.69 Å². The van der Waals surface area contributed by atoms with E-state index in [1.54, 1.807) is 0 Å². The van der Waals surface area contributed by atoms with Gasteiger partial charge in [-0.2, -0.15) is 10.0 Å². The Bertz CT molecular complexity index is 340. The Kier molecular flexibility index (Phi) is 4.46. The van der Waals surface area contributed by atoms with Crippen molar-refractivity contribution in [2.75, 3.05) is 20.2 Å². The van der Waals surface area contributed by atoms with Crippen molar-refractivity contribution in [3.8, 4) is 0 Å². The molecule has 0 saturated heterocycles. The van der Waals surface area contributed by atoms with Crippen molar-refractivity contribution in [2.45, 2.75) is 13.3 Å². The summed E-state index contributed by atoms with van der Waals surface area (Å²) in [7, 11) is 1.87. The Labute approximate surface area is 96.1 Å². The summed E-state index contributed by atoms with van der Waals surface area (Å²) in [5, 5.41) is 9.08. The number of nitrogens with zero attached hydrogens (tertiary/aromatic N) is 1. The molecule has 0 spiro atoms. The van der Waals surface area contributed by atoms with E-state index in [4.69, 9.17) is 5.11 Å². The van der Waals surface area contributed by atoms with Gasteiger partial charge in [-0.1, -0.05) is 25.1 Å². The predicted octanol–water partition coefficient (Wildman–Crippen LogP) is 1.06. The van der Waals surface area contributed by atoms with Gasteiger partial charge in [-0.3, -0.25) is 4.79 Å². The van der Waals surface area contributed by atoms with Gasteiger partial charge in [0.2, 0.25) is 0 Å². The van der Waals surface area contributed by atoms with Crippen LogP contribution in [-0.4, -0.2) is 31.2 Å². The molecule has 0 heterocycles. The number of aliphatic hydroxyl groups excluding tert-OH is 1. The summed E-state index contributed by atoms with van der Waals surface area (Å²) in [6.45, 7) is 2.29. The van der Waals surface area contributed by atoms with Crippen molar-refractivity contribution in [1.29, 1.82) is 0 Å². The van der Waals surface area contributed by atoms with Crippen molar-refractivity contribution >= 4 is 11.6 Å². The zero-order valence-corrected chi connectivity index (χ0v) is 9.81. The van der Waals surface area contributed by atoms with Crippen molar-refractivity contribution in [3.63, 3.8) is 0 Å². The first-order valence-electron chi connectivity index (χ1n) is 5.45. The van der Waals surface area contributed by atoms with Gasteiger partial charge < -0.3 is 5.11 Å². The second-order valence-corrected chi connectivity index (χ2v) is 3.86. The molecule has 16 heavy (non-hydrogen) atoms. The molecule has 1 atom stereocenters. The van der Waals surface area contributed by atoms with Crippen LogP contribution in [0.5, 0.6) is 0 Å². The van der Waals surface area contributed by atoms with Gasteiger partial charge in [-0.05, 0) is 0 Å². The van der Waals surface area contributed by atoms with Crippen LogP contribution in [0.2, 0.25) is 0 Å². The third-order valence-electron chi connectivity index (χ3n) is 2.57. The summed E-state index contributed by atoms with van der Waals surface area (Å²) >= 11 is 0. The average molecular weight is 223 g/mol. The Hall–Kier alpha value is -1.39. The zero-order valence-electron chi connectivity index (χ0n) is 9.81. The largest absolute Gasteiger partial charge is 0.390 e. The van der Waals surface area contributed by atoms with Crippen LogP contribution in [0, 0.1) is 0 Å². The number of likely N-dealkylation sites (N-methyl/N-ethyl adjacent to an activating group) is 1. The standard InChI is InChI=1S/C12H18N2O2/c1-3-12(16)13-14(2,9-10-15)11-7-5-4-6-8-11/h4-8,15H,3,9-10H2,1-2H3/p+1/t14-/m0/s1. The van der Waals surface area contributed by atoms with Crippen LogP contribution >= 0.6 is 0 Å². The second-order valence-electron chi connectivity index (χ2n) is 3.86. The molecule has 1 aromatic rings. The smallest absolute Gasteiger partial charge is 0.265 e. The van der Waals surface area contributed by atoms with E-state index in [1.807, 2.05) is 44.3 Å². The lowest BCUT2D eigenvalue weighted by Gasteiger charge is -2.32. The van der Waals surface area contributed by atoms with Gasteiger partial charge in [0.15, 0.2) is 5.69 Å². The molecular weight excluding hydrogens is 204 g/mol. The number of amides is 1. The molecule has 0 bridgehead atoms. The third kappa shape index (κ3) is 3.05. The Morgan fingerprint density at radius 2 is 2.00 bits per heavy atom. The van der Waals surface area contributed by atoms with Crippen LogP contribution in [0.15, 0.2) is 30.3 Å². The minimum Gasteiger partial charge on any atom is -0.390 e. The Morgan fingerprint density at radius 1 is 1.38 bits per heavy atom. The maximum atomic E-state index is 11.5. The van der Waals surface area contributed by atoms with E-state index < -0.39 is 0 Å². The fourth-order valence-corrected chi connectivity index (χ4v) is 1.56. The van der Waals surface area contributed by atoms with E-state index in [2.05, 4.69) is 5.43 Å². The van der Waals surface area contributed by atoms with Crippen molar-refractivity contribution in [2.24, 2.45) is 0 Å². The van der Waals surface area contributed by atoms with E-state index in [0.717, 1.165) is 5.69 Å². The first-order valence-corrected chi connectivity index (χ1v) is 5.45. The molecule has 88 valence electrons. The van der Waals surface area contributed by atoms with Crippen LogP contribution in [0.25, 0.3) is 0 Å². The highest BCUT2D eigenvalue weighted by molar-refractivity contribution is 5.76. The average Bonchev–Trinajstić information content (AvgIpc) is 2.30. The molecule has 0 unspecified atom stereocenters. The van der Waals surface area contributed by atoms with E-state index in [0.29, 0.717) is 13.0 Å². The van der Waals surface area contributed by atoms with Crippen LogP contribution < -0.4 is 10.0 Å². The second kappa shape index (κ2) is 5.63. The molecule has 0 radical (unpaired) electrons. The predicted molar refractivity (Wildman–Crippen MR) is 64.5 cm³/mol. The number of carbonyl (C=O) groups is 1. The lowest BCUT2D eigenvalue weighted by Crippen LogP contribution is -2.60. The lowest BCUT2D eigenvalue weighted by atomic mass is 10.3. The molecule has 4 nitrogen and oxygen atoms in total. The molecule has 0 aliphatic rings. The fraction of sp³-hybridized carbons (Fsp3) is 0.417. The highest BCUT2D eigenvalue weighted by Crippen LogP contribution is 2.17. The normalized spacial score (nSPS) is 14.2. The number of para-hydroxylation sites is 1. The number of quaternary nitrogens is 1. The summed E-state index contributed by atoms with van der Waals surface area (Å²) in [5.74, 6) is -0.0280. The van der Waals surface area contributed by atoms with Gasteiger partial charge in [0, 0.05) is 18.6 Å². The van der Waals surface area contributed by atoms with Crippen LogP contribution in [0.3, 0.4) is 0 Å². The third-order valence-corrected chi connectivity index (χ3v) is 2.57. The summed E-state index contributed by atoms with van der Waals surface area (Å²) < 4.78 is 0.226. The summed E-state index contributed by atoms with van der Waals surface area (Å²) in [6.07, 6.45) is 0.437. The Morgan fingerprint density at radius 3 is 2.50 bits per heavy atom. The monoisotopic (exact) mass is 223 g/mol. The van der Waals surface area contributed by atoms with Gasteiger partial charge in [-0.25, -0.2) is 0 Å². The zero-order chi connectivity index (χ0) is 12.0. The number of hydrogen-bond acceptors (Lipinski definition) is 2. The van der Waals surface area contributed by atoms with Gasteiger partial charge in [0.05, 0.1) is 13.7 Å². The first-order chi connectivity index (χ1) is 7.62. The quantitative estimate of drug-likeness (QED) is 0.579. The SMILES string of the molecule is CCC(=O)N[N@@+](C)(CCO)c1ccccc1. The van der Waals surface area contributed by atoms with Crippen molar-refractivity contribution in [3.05, 3.63) is 30.3 Å². The van der Waals surface area contributed by atoms with Gasteiger partial charge in [0.25, 0.3) is 5.91 Å². The lowest BCUT2D eigenvalue weighted by molar-refractivity contribution is -0.124. The summed E-state index contributed by atoms with van der Waals surface area (Å²) in [6, 6.07) is 9.63. The minimum absolute atomic E-state index is 0.0232. The number of aliphatic hydroxyl groups is 1. The van der Waals surface area contributed by atoms with Crippen molar-refractivity contribution < 1.29 is 9.90 Å². The maximum Gasteiger partial charge on any atom is 0.265 e. The number of nitrogens with one attached hydrogen (secondary N) is 1. The molecule has 1 amide bonds. The number of hydrogen-bond donors (Lipinski definition) is 2. The van der Waals surface area contributed by atoms with Gasteiger partial charge in [0.1, 0.15) is 6.54 Å². The van der Waals surface area contributed by atoms with E-state index in [1.165, 1.54) is 0 Å². The first kappa shape index (κ1) is 12.7. The van der Waals surface area contributed by atoms with E-state index in [-0.39, 0.29) is 17.1 Å². The maximum absolute atomic E-state index is 11.5. The topological polar surface area (TPSA) is 49.3 Å². The Balaban J connectivity index is 2.92. The highest BCUT2D eigenvalue weighted by Gasteiger charge is 2.26. The summed E-state index contributed by atoms with van der Waals surface area (Å²) in [5.41, 5.74) is 3.86. The van der Waals surface area contributed by atoms with E-state index in [9.17, 15) is 4.79 Å². The molecule has 0 fully saturated rings. The molecule has 0 aliphatic carbocycles. The van der Waals surface area contributed by atoms with Crippen LogP contribution in [-0.2, 0) is 4.79 Å². The summed E-state index contributed by atoms with van der Waals surface area (Å²) in [4.78, 5) is 11.5. The molecule has 1 rings (SSSR count). The minimum atomic E-state index is -0.0280. The molecule has 0 saturated carbocycles. The molecule has 0 aliphatic heterocycles.